The second-order valence-corrected chi connectivity index (χ2v) is 5.64. The summed E-state index contributed by atoms with van der Waals surface area (Å²) in [6, 6.07) is 21.7. The highest BCUT2D eigenvalue weighted by Gasteiger charge is 2.17. The predicted molar refractivity (Wildman–Crippen MR) is 96.1 cm³/mol. The molecule has 0 saturated heterocycles. The summed E-state index contributed by atoms with van der Waals surface area (Å²) in [6.07, 6.45) is 1.71. The van der Waals surface area contributed by atoms with Gasteiger partial charge in [0.1, 0.15) is 0 Å². The van der Waals surface area contributed by atoms with Gasteiger partial charge in [0.2, 0.25) is 0 Å². The maximum Gasteiger partial charge on any atom is 0.320 e. The Hall–Kier alpha value is -2.85. The van der Waals surface area contributed by atoms with Crippen LogP contribution in [0.4, 0.5) is 10.5 Å². The molecular formula is C19H16ClN3O. The summed E-state index contributed by atoms with van der Waals surface area (Å²) in [5.41, 5.74) is 2.36. The molecule has 0 fully saturated rings. The van der Waals surface area contributed by atoms with E-state index in [2.05, 4.69) is 15.6 Å². The van der Waals surface area contributed by atoms with Gasteiger partial charge in [0.15, 0.2) is 0 Å². The quantitative estimate of drug-likeness (QED) is 0.728. The molecular weight excluding hydrogens is 322 g/mol. The van der Waals surface area contributed by atoms with Crippen molar-refractivity contribution < 1.29 is 4.79 Å². The van der Waals surface area contributed by atoms with Crippen LogP contribution in [0.15, 0.2) is 79.0 Å². The minimum Gasteiger partial charge on any atom is -0.325 e. The first kappa shape index (κ1) is 16.0. The molecule has 1 atom stereocenters. The Balaban J connectivity index is 1.80. The molecule has 0 saturated carbocycles. The number of rotatable bonds is 4. The number of carbonyl (C=O) groups excluding carboxylic acids is 1. The molecule has 0 radical (unpaired) electrons. The van der Waals surface area contributed by atoms with Crippen LogP contribution in [-0.2, 0) is 0 Å². The van der Waals surface area contributed by atoms with Crippen molar-refractivity contribution >= 4 is 23.3 Å². The van der Waals surface area contributed by atoms with Crippen molar-refractivity contribution in [1.82, 2.24) is 10.3 Å². The van der Waals surface area contributed by atoms with Crippen molar-refractivity contribution in [2.45, 2.75) is 6.04 Å². The lowest BCUT2D eigenvalue weighted by molar-refractivity contribution is 0.250. The highest BCUT2D eigenvalue weighted by atomic mass is 35.5. The Morgan fingerprint density at radius 3 is 2.46 bits per heavy atom. The predicted octanol–water partition coefficient (Wildman–Crippen LogP) is 4.65. The molecule has 2 amide bonds. The zero-order valence-corrected chi connectivity index (χ0v) is 13.6. The number of carbonyl (C=O) groups is 1. The third kappa shape index (κ3) is 4.12. The summed E-state index contributed by atoms with van der Waals surface area (Å²) in [4.78, 5) is 16.8. The maximum absolute atomic E-state index is 12.4. The largest absolute Gasteiger partial charge is 0.325 e. The van der Waals surface area contributed by atoms with Gasteiger partial charge in [0.05, 0.1) is 11.7 Å². The number of amides is 2. The van der Waals surface area contributed by atoms with E-state index in [1.54, 1.807) is 30.5 Å². The number of hydrogen-bond acceptors (Lipinski definition) is 2. The summed E-state index contributed by atoms with van der Waals surface area (Å²) < 4.78 is 0. The molecule has 2 aromatic carbocycles. The maximum atomic E-state index is 12.4. The number of urea groups is 1. The topological polar surface area (TPSA) is 54.0 Å². The highest BCUT2D eigenvalue weighted by Crippen LogP contribution is 2.20. The van der Waals surface area contributed by atoms with Gasteiger partial charge < -0.3 is 10.6 Å². The van der Waals surface area contributed by atoms with Gasteiger partial charge in [-0.2, -0.15) is 0 Å². The Morgan fingerprint density at radius 1 is 0.958 bits per heavy atom. The molecule has 0 bridgehead atoms. The lowest BCUT2D eigenvalue weighted by Gasteiger charge is -2.19. The fourth-order valence-electron chi connectivity index (χ4n) is 2.38. The van der Waals surface area contributed by atoms with Crippen LogP contribution < -0.4 is 10.6 Å². The summed E-state index contributed by atoms with van der Waals surface area (Å²) in [5.74, 6) is 0. The van der Waals surface area contributed by atoms with E-state index in [0.717, 1.165) is 11.3 Å². The third-order valence-corrected chi connectivity index (χ3v) is 3.71. The smallest absolute Gasteiger partial charge is 0.320 e. The Bertz CT molecular complexity index is 770. The molecule has 24 heavy (non-hydrogen) atoms. The number of anilines is 1. The van der Waals surface area contributed by atoms with Crippen molar-refractivity contribution in [1.29, 1.82) is 0 Å². The molecule has 3 aromatic rings. The standard InChI is InChI=1S/C19H16ClN3O/c20-15-9-6-10-16(13-15)22-19(24)23-18(14-7-2-1-3-8-14)17-11-4-5-12-21-17/h1-13,18H,(H2,22,23,24)/t18-/m0/s1. The van der Waals surface area contributed by atoms with E-state index in [4.69, 9.17) is 11.6 Å². The van der Waals surface area contributed by atoms with Crippen molar-refractivity contribution in [2.75, 3.05) is 5.32 Å². The average Bonchev–Trinajstić information content (AvgIpc) is 2.61. The molecule has 0 unspecified atom stereocenters. The van der Waals surface area contributed by atoms with Crippen LogP contribution in [0, 0.1) is 0 Å². The van der Waals surface area contributed by atoms with Gasteiger partial charge in [-0.3, -0.25) is 4.98 Å². The monoisotopic (exact) mass is 337 g/mol. The molecule has 4 nitrogen and oxygen atoms in total. The minimum absolute atomic E-state index is 0.322. The van der Waals surface area contributed by atoms with Crippen LogP contribution in [0.5, 0.6) is 0 Å². The van der Waals surface area contributed by atoms with E-state index in [1.165, 1.54) is 0 Å². The number of benzene rings is 2. The van der Waals surface area contributed by atoms with Gasteiger partial charge in [0, 0.05) is 16.9 Å². The fraction of sp³-hybridized carbons (Fsp3) is 0.0526. The molecule has 3 rings (SSSR count). The SMILES string of the molecule is O=C(Nc1cccc(Cl)c1)N[C@@H](c1ccccc1)c1ccccn1. The van der Waals surface area contributed by atoms with Crippen molar-refractivity contribution in [3.05, 3.63) is 95.3 Å². The van der Waals surface area contributed by atoms with Gasteiger partial charge in [0.25, 0.3) is 0 Å². The van der Waals surface area contributed by atoms with E-state index in [1.807, 2.05) is 48.5 Å². The first-order valence-corrected chi connectivity index (χ1v) is 7.89. The zero-order valence-electron chi connectivity index (χ0n) is 12.8. The number of nitrogens with zero attached hydrogens (tertiary/aromatic N) is 1. The lowest BCUT2D eigenvalue weighted by Crippen LogP contribution is -2.33. The van der Waals surface area contributed by atoms with E-state index in [-0.39, 0.29) is 12.1 Å². The van der Waals surface area contributed by atoms with Crippen LogP contribution in [0.2, 0.25) is 5.02 Å². The van der Waals surface area contributed by atoms with Gasteiger partial charge in [-0.15, -0.1) is 0 Å². The van der Waals surface area contributed by atoms with E-state index < -0.39 is 0 Å². The lowest BCUT2D eigenvalue weighted by atomic mass is 10.0. The van der Waals surface area contributed by atoms with Crippen LogP contribution in [0.1, 0.15) is 17.3 Å². The van der Waals surface area contributed by atoms with Crippen molar-refractivity contribution in [3.63, 3.8) is 0 Å². The molecule has 0 aliphatic carbocycles. The Labute approximate surface area is 145 Å². The second kappa shape index (κ2) is 7.62. The molecule has 1 aromatic heterocycles. The number of pyridine rings is 1. The average molecular weight is 338 g/mol. The first-order chi connectivity index (χ1) is 11.7. The van der Waals surface area contributed by atoms with Crippen LogP contribution in [-0.4, -0.2) is 11.0 Å². The van der Waals surface area contributed by atoms with Crippen LogP contribution >= 0.6 is 11.6 Å². The number of halogens is 1. The van der Waals surface area contributed by atoms with Crippen LogP contribution in [0.25, 0.3) is 0 Å². The fourth-order valence-corrected chi connectivity index (χ4v) is 2.58. The first-order valence-electron chi connectivity index (χ1n) is 7.51. The van der Waals surface area contributed by atoms with E-state index >= 15 is 0 Å². The van der Waals surface area contributed by atoms with Gasteiger partial charge in [-0.1, -0.05) is 54.1 Å². The van der Waals surface area contributed by atoms with E-state index in [9.17, 15) is 4.79 Å². The highest BCUT2D eigenvalue weighted by molar-refractivity contribution is 6.30. The molecule has 5 heteroatoms. The van der Waals surface area contributed by atoms with Gasteiger partial charge in [-0.05, 0) is 35.9 Å². The summed E-state index contributed by atoms with van der Waals surface area (Å²) >= 11 is 5.94. The molecule has 1 heterocycles. The Morgan fingerprint density at radius 2 is 1.75 bits per heavy atom. The van der Waals surface area contributed by atoms with Crippen molar-refractivity contribution in [2.24, 2.45) is 0 Å². The normalized spacial score (nSPS) is 11.5. The summed E-state index contributed by atoms with van der Waals surface area (Å²) in [5, 5.41) is 6.32. The number of aromatic nitrogens is 1. The van der Waals surface area contributed by atoms with Gasteiger partial charge >= 0.3 is 6.03 Å². The van der Waals surface area contributed by atoms with Gasteiger partial charge in [-0.25, -0.2) is 4.79 Å². The summed E-state index contributed by atoms with van der Waals surface area (Å²) in [7, 11) is 0. The molecule has 2 N–H and O–H groups in total. The molecule has 0 aliphatic rings. The molecule has 120 valence electrons. The molecule has 0 aliphatic heterocycles. The third-order valence-electron chi connectivity index (χ3n) is 3.47. The second-order valence-electron chi connectivity index (χ2n) is 5.21. The van der Waals surface area contributed by atoms with E-state index in [0.29, 0.717) is 10.7 Å². The minimum atomic E-state index is -0.341. The van der Waals surface area contributed by atoms with Crippen LogP contribution in [0.3, 0.4) is 0 Å². The Kier molecular flexibility index (Phi) is 5.08. The number of hydrogen-bond donors (Lipinski definition) is 2. The molecule has 0 spiro atoms. The van der Waals surface area contributed by atoms with Crippen molar-refractivity contribution in [3.8, 4) is 0 Å². The number of nitrogens with one attached hydrogen (secondary N) is 2. The summed E-state index contributed by atoms with van der Waals surface area (Å²) in [6.45, 7) is 0. The zero-order chi connectivity index (χ0) is 16.8.